The van der Waals surface area contributed by atoms with E-state index in [1.807, 2.05) is 23.6 Å². The van der Waals surface area contributed by atoms with Crippen molar-refractivity contribution in [2.45, 2.75) is 0 Å². The highest BCUT2D eigenvalue weighted by molar-refractivity contribution is 9.10. The number of halogens is 1. The summed E-state index contributed by atoms with van der Waals surface area (Å²) in [5.41, 5.74) is 1.21. The van der Waals surface area contributed by atoms with Crippen LogP contribution in [0.4, 0.5) is 0 Å². The Morgan fingerprint density at radius 3 is 2.67 bits per heavy atom. The Balaban J connectivity index is 2.59. The van der Waals surface area contributed by atoms with Crippen molar-refractivity contribution < 1.29 is 9.90 Å². The fourth-order valence-corrected chi connectivity index (χ4v) is 2.86. The quantitative estimate of drug-likeness (QED) is 0.908. The van der Waals surface area contributed by atoms with Crippen molar-refractivity contribution in [1.29, 1.82) is 0 Å². The van der Waals surface area contributed by atoms with Crippen LogP contribution in [0.5, 0.6) is 0 Å². The molecule has 1 aromatic carbocycles. The van der Waals surface area contributed by atoms with Crippen LogP contribution in [-0.4, -0.2) is 11.1 Å². The predicted octanol–water partition coefficient (Wildman–Crippen LogP) is 3.88. The summed E-state index contributed by atoms with van der Waals surface area (Å²) in [4.78, 5) is 12.0. The minimum atomic E-state index is -0.916. The largest absolute Gasteiger partial charge is 0.478 e. The van der Waals surface area contributed by atoms with E-state index in [1.165, 1.54) is 0 Å². The van der Waals surface area contributed by atoms with Gasteiger partial charge in [-0.05, 0) is 33.4 Å². The Labute approximate surface area is 99.3 Å². The number of thiophene rings is 1. The van der Waals surface area contributed by atoms with Gasteiger partial charge in [0, 0.05) is 14.9 Å². The van der Waals surface area contributed by atoms with Crippen molar-refractivity contribution in [3.05, 3.63) is 45.7 Å². The Kier molecular flexibility index (Phi) is 2.88. The van der Waals surface area contributed by atoms with Crippen LogP contribution in [0.25, 0.3) is 10.4 Å². The second-order valence-electron chi connectivity index (χ2n) is 2.95. The van der Waals surface area contributed by atoms with Gasteiger partial charge in [0.15, 0.2) is 0 Å². The smallest absolute Gasteiger partial charge is 0.336 e. The number of rotatable bonds is 2. The van der Waals surface area contributed by atoms with E-state index in [-0.39, 0.29) is 0 Å². The normalized spacial score (nSPS) is 10.2. The van der Waals surface area contributed by atoms with Gasteiger partial charge in [0.2, 0.25) is 0 Å². The number of hydrogen-bond acceptors (Lipinski definition) is 2. The van der Waals surface area contributed by atoms with Crippen LogP contribution in [0.3, 0.4) is 0 Å². The molecular formula is C11H7BrO2S. The highest BCUT2D eigenvalue weighted by Crippen LogP contribution is 2.33. The zero-order valence-electron chi connectivity index (χ0n) is 7.61. The van der Waals surface area contributed by atoms with Gasteiger partial charge in [-0.15, -0.1) is 11.3 Å². The fourth-order valence-electron chi connectivity index (χ4n) is 1.32. The van der Waals surface area contributed by atoms with Crippen LogP contribution in [0, 0.1) is 0 Å². The first-order valence-electron chi connectivity index (χ1n) is 4.26. The molecule has 0 fully saturated rings. The first kappa shape index (κ1) is 10.4. The third-order valence-electron chi connectivity index (χ3n) is 2.02. The zero-order chi connectivity index (χ0) is 10.8. The lowest BCUT2D eigenvalue weighted by Crippen LogP contribution is -1.97. The second kappa shape index (κ2) is 4.16. The Hall–Kier alpha value is -1.13. The van der Waals surface area contributed by atoms with Gasteiger partial charge in [0.1, 0.15) is 0 Å². The monoisotopic (exact) mass is 282 g/mol. The molecule has 4 heteroatoms. The van der Waals surface area contributed by atoms with Gasteiger partial charge in [0.05, 0.1) is 5.56 Å². The highest BCUT2D eigenvalue weighted by Gasteiger charge is 2.12. The maximum absolute atomic E-state index is 10.9. The number of hydrogen-bond donors (Lipinski definition) is 1. The lowest BCUT2D eigenvalue weighted by atomic mass is 10.1. The number of carboxylic acids is 1. The maximum atomic E-state index is 10.9. The van der Waals surface area contributed by atoms with E-state index >= 15 is 0 Å². The Morgan fingerprint density at radius 2 is 2.07 bits per heavy atom. The first-order chi connectivity index (χ1) is 7.20. The minimum absolute atomic E-state index is 0.293. The third-order valence-corrected chi connectivity index (χ3v) is 3.77. The van der Waals surface area contributed by atoms with E-state index in [9.17, 15) is 4.79 Å². The van der Waals surface area contributed by atoms with Crippen molar-refractivity contribution in [1.82, 2.24) is 0 Å². The molecule has 2 aromatic rings. The van der Waals surface area contributed by atoms with Crippen LogP contribution in [0.15, 0.2) is 40.2 Å². The number of carbonyl (C=O) groups is 1. The van der Waals surface area contributed by atoms with Crippen LogP contribution >= 0.6 is 27.3 Å². The fraction of sp³-hybridized carbons (Fsp3) is 0. The molecule has 0 radical (unpaired) electrons. The average molecular weight is 283 g/mol. The molecule has 0 atom stereocenters. The van der Waals surface area contributed by atoms with Gasteiger partial charge in [-0.2, -0.15) is 0 Å². The van der Waals surface area contributed by atoms with Crippen molar-refractivity contribution in [2.24, 2.45) is 0 Å². The highest BCUT2D eigenvalue weighted by atomic mass is 79.9. The van der Waals surface area contributed by atoms with Gasteiger partial charge in [-0.25, -0.2) is 4.79 Å². The van der Waals surface area contributed by atoms with E-state index in [4.69, 9.17) is 5.11 Å². The molecular weight excluding hydrogens is 276 g/mol. The molecule has 1 heterocycles. The molecule has 76 valence electrons. The zero-order valence-corrected chi connectivity index (χ0v) is 10.0. The van der Waals surface area contributed by atoms with Gasteiger partial charge in [-0.3, -0.25) is 0 Å². The lowest BCUT2D eigenvalue weighted by molar-refractivity contribution is 0.0696. The molecule has 0 spiro atoms. The maximum Gasteiger partial charge on any atom is 0.336 e. The number of carboxylic acid groups (broad SMARTS) is 1. The molecule has 0 aliphatic carbocycles. The Bertz CT molecular complexity index is 491. The molecule has 0 unspecified atom stereocenters. The molecule has 1 N–H and O–H groups in total. The predicted molar refractivity (Wildman–Crippen MR) is 64.4 cm³/mol. The molecule has 0 bridgehead atoms. The van der Waals surface area contributed by atoms with E-state index in [2.05, 4.69) is 15.9 Å². The first-order valence-corrected chi connectivity index (χ1v) is 5.93. The molecule has 0 amide bonds. The third kappa shape index (κ3) is 1.96. The summed E-state index contributed by atoms with van der Waals surface area (Å²) in [6, 6.07) is 9.16. The second-order valence-corrected chi connectivity index (χ2v) is 4.69. The van der Waals surface area contributed by atoms with Crippen molar-refractivity contribution in [3.8, 4) is 10.4 Å². The summed E-state index contributed by atoms with van der Waals surface area (Å²) in [7, 11) is 0. The van der Waals surface area contributed by atoms with Crippen LogP contribution < -0.4 is 0 Å². The molecule has 0 saturated carbocycles. The van der Waals surface area contributed by atoms with Crippen LogP contribution in [0.2, 0.25) is 0 Å². The van der Waals surface area contributed by atoms with Gasteiger partial charge in [-0.1, -0.05) is 18.2 Å². The molecule has 15 heavy (non-hydrogen) atoms. The summed E-state index contributed by atoms with van der Waals surface area (Å²) >= 11 is 4.92. The molecule has 2 nitrogen and oxygen atoms in total. The van der Waals surface area contributed by atoms with Gasteiger partial charge in [0.25, 0.3) is 0 Å². The van der Waals surface area contributed by atoms with E-state index in [1.54, 1.807) is 23.5 Å². The van der Waals surface area contributed by atoms with E-state index in [0.717, 1.165) is 10.4 Å². The topological polar surface area (TPSA) is 37.3 Å². The number of benzene rings is 1. The number of aromatic carboxylic acids is 1. The lowest BCUT2D eigenvalue weighted by Gasteiger charge is -2.04. The minimum Gasteiger partial charge on any atom is -0.478 e. The summed E-state index contributed by atoms with van der Waals surface area (Å²) in [5.74, 6) is -0.916. The van der Waals surface area contributed by atoms with E-state index < -0.39 is 5.97 Å². The molecule has 2 rings (SSSR count). The Morgan fingerprint density at radius 1 is 1.27 bits per heavy atom. The SMILES string of the molecule is O=C(O)c1cccc(-c2cccs2)c1Br. The summed E-state index contributed by atoms with van der Waals surface area (Å²) in [6.45, 7) is 0. The van der Waals surface area contributed by atoms with Crippen LogP contribution in [-0.2, 0) is 0 Å². The van der Waals surface area contributed by atoms with Crippen molar-refractivity contribution in [3.63, 3.8) is 0 Å². The van der Waals surface area contributed by atoms with E-state index in [0.29, 0.717) is 10.0 Å². The van der Waals surface area contributed by atoms with Crippen molar-refractivity contribution >= 4 is 33.2 Å². The molecule has 0 aliphatic rings. The van der Waals surface area contributed by atoms with Crippen LogP contribution in [0.1, 0.15) is 10.4 Å². The summed E-state index contributed by atoms with van der Waals surface area (Å²) in [5, 5.41) is 10.9. The van der Waals surface area contributed by atoms with Crippen molar-refractivity contribution in [2.75, 3.05) is 0 Å². The van der Waals surface area contributed by atoms with Gasteiger partial charge < -0.3 is 5.11 Å². The summed E-state index contributed by atoms with van der Waals surface area (Å²) < 4.78 is 0.639. The molecule has 1 aromatic heterocycles. The van der Waals surface area contributed by atoms with Gasteiger partial charge >= 0.3 is 5.97 Å². The molecule has 0 saturated heterocycles. The molecule has 0 aliphatic heterocycles. The average Bonchev–Trinajstić information content (AvgIpc) is 2.70. The standard InChI is InChI=1S/C11H7BrO2S/c12-10-7(9-5-2-6-15-9)3-1-4-8(10)11(13)14/h1-6H,(H,13,14). The summed E-state index contributed by atoms with van der Waals surface area (Å²) in [6.07, 6.45) is 0.